The molecule has 150 valence electrons. The van der Waals surface area contributed by atoms with Crippen LogP contribution in [0.25, 0.3) is 0 Å². The van der Waals surface area contributed by atoms with Gasteiger partial charge in [-0.1, -0.05) is 12.1 Å². The molecule has 0 bridgehead atoms. The molecule has 2 rings (SSSR count). The third-order valence-corrected chi connectivity index (χ3v) is 5.07. The van der Waals surface area contributed by atoms with Crippen molar-refractivity contribution in [2.45, 2.75) is 23.7 Å². The maximum absolute atomic E-state index is 12.5. The van der Waals surface area contributed by atoms with Gasteiger partial charge in [-0.05, 0) is 43.3 Å². The zero-order valence-electron chi connectivity index (χ0n) is 14.9. The summed E-state index contributed by atoms with van der Waals surface area (Å²) in [4.78, 5) is 23.7. The maximum Gasteiger partial charge on any atom is 0.341 e. The topological polar surface area (TPSA) is 98.8 Å². The number of anilines is 1. The van der Waals surface area contributed by atoms with Gasteiger partial charge in [-0.3, -0.25) is 4.79 Å². The first-order valence-corrected chi connectivity index (χ1v) is 9.48. The number of carbonyl (C=O) groups excluding carboxylic acids is 2. The Morgan fingerprint density at radius 2 is 1.64 bits per heavy atom. The van der Waals surface area contributed by atoms with Gasteiger partial charge in [0.15, 0.2) is 6.10 Å². The van der Waals surface area contributed by atoms with Crippen molar-refractivity contribution in [3.63, 3.8) is 0 Å². The van der Waals surface area contributed by atoms with E-state index in [1.807, 2.05) is 0 Å². The van der Waals surface area contributed by atoms with E-state index in [1.165, 1.54) is 14.0 Å². The summed E-state index contributed by atoms with van der Waals surface area (Å²) < 4.78 is 57.9. The highest BCUT2D eigenvalue weighted by Crippen LogP contribution is 2.23. The average molecular weight is 413 g/mol. The molecule has 10 heteroatoms. The van der Waals surface area contributed by atoms with E-state index in [0.29, 0.717) is 11.4 Å². The van der Waals surface area contributed by atoms with Gasteiger partial charge < -0.3 is 14.8 Å². The molecular weight excluding hydrogens is 396 g/mol. The number of halogens is 2. The molecule has 0 saturated carbocycles. The van der Waals surface area contributed by atoms with Crippen LogP contribution in [0.3, 0.4) is 0 Å². The van der Waals surface area contributed by atoms with Crippen LogP contribution in [0.2, 0.25) is 0 Å². The Bertz CT molecular complexity index is 960. The van der Waals surface area contributed by atoms with Crippen LogP contribution in [0.4, 0.5) is 14.5 Å². The standard InChI is InChI=1S/C18H17F2NO6S/c1-11(16(22)21-14-5-3-4-6-15(14)26-2)27-17(23)12-7-9-13(10-8-12)28(24,25)18(19)20/h3-11,18H,1-2H3,(H,21,22). The smallest absolute Gasteiger partial charge is 0.341 e. The molecule has 0 spiro atoms. The predicted octanol–water partition coefficient (Wildman–Crippen LogP) is 2.88. The van der Waals surface area contributed by atoms with Gasteiger partial charge in [-0.2, -0.15) is 8.78 Å². The Balaban J connectivity index is 2.04. The Labute approximate surface area is 160 Å². The molecule has 7 nitrogen and oxygen atoms in total. The fraction of sp³-hybridized carbons (Fsp3) is 0.222. The molecule has 2 aromatic rings. The van der Waals surface area contributed by atoms with Gasteiger partial charge in [0.25, 0.3) is 5.91 Å². The molecule has 0 aliphatic carbocycles. The summed E-state index contributed by atoms with van der Waals surface area (Å²) in [6.07, 6.45) is -1.18. The number of methoxy groups -OCH3 is 1. The minimum absolute atomic E-state index is 0.0924. The van der Waals surface area contributed by atoms with Gasteiger partial charge in [0, 0.05) is 0 Å². The number of ether oxygens (including phenoxy) is 2. The lowest BCUT2D eigenvalue weighted by Gasteiger charge is -2.15. The van der Waals surface area contributed by atoms with Crippen LogP contribution >= 0.6 is 0 Å². The first kappa shape index (κ1) is 21.3. The molecule has 0 fully saturated rings. The van der Waals surface area contributed by atoms with E-state index >= 15 is 0 Å². The quantitative estimate of drug-likeness (QED) is 0.701. The summed E-state index contributed by atoms with van der Waals surface area (Å²) in [5, 5.41) is 2.56. The molecular formula is C18H17F2NO6S. The van der Waals surface area contributed by atoms with Crippen molar-refractivity contribution in [1.82, 2.24) is 0 Å². The van der Waals surface area contributed by atoms with Crippen LogP contribution < -0.4 is 10.1 Å². The first-order chi connectivity index (χ1) is 13.2. The zero-order chi connectivity index (χ0) is 20.9. The summed E-state index contributed by atoms with van der Waals surface area (Å²) in [6.45, 7) is 1.35. The van der Waals surface area contributed by atoms with Crippen molar-refractivity contribution in [3.05, 3.63) is 54.1 Å². The second-order valence-corrected chi connectivity index (χ2v) is 7.48. The fourth-order valence-corrected chi connectivity index (χ4v) is 2.87. The molecule has 28 heavy (non-hydrogen) atoms. The maximum atomic E-state index is 12.5. The summed E-state index contributed by atoms with van der Waals surface area (Å²) >= 11 is 0. The number of amides is 1. The Kier molecular flexibility index (Phi) is 6.68. The number of alkyl halides is 2. The van der Waals surface area contributed by atoms with E-state index in [9.17, 15) is 26.8 Å². The van der Waals surface area contributed by atoms with Crippen LogP contribution in [0.1, 0.15) is 17.3 Å². The Morgan fingerprint density at radius 1 is 1.04 bits per heavy atom. The molecule has 1 unspecified atom stereocenters. The van der Waals surface area contributed by atoms with Crippen LogP contribution in [0.5, 0.6) is 5.75 Å². The average Bonchev–Trinajstić information content (AvgIpc) is 2.68. The van der Waals surface area contributed by atoms with Crippen LogP contribution in [-0.2, 0) is 19.4 Å². The summed E-state index contributed by atoms with van der Waals surface area (Å²) in [5.74, 6) is -4.67. The van der Waals surface area contributed by atoms with Crippen LogP contribution in [0, 0.1) is 0 Å². The van der Waals surface area contributed by atoms with E-state index in [1.54, 1.807) is 24.3 Å². The van der Waals surface area contributed by atoms with E-state index in [2.05, 4.69) is 5.32 Å². The minimum Gasteiger partial charge on any atom is -0.495 e. The van der Waals surface area contributed by atoms with Crippen molar-refractivity contribution in [2.24, 2.45) is 0 Å². The number of nitrogens with one attached hydrogen (secondary N) is 1. The second kappa shape index (κ2) is 8.79. The SMILES string of the molecule is COc1ccccc1NC(=O)C(C)OC(=O)c1ccc(S(=O)(=O)C(F)F)cc1. The number of sulfone groups is 1. The fourth-order valence-electron chi connectivity index (χ4n) is 2.15. The minimum atomic E-state index is -4.76. The predicted molar refractivity (Wildman–Crippen MR) is 96.1 cm³/mol. The first-order valence-electron chi connectivity index (χ1n) is 7.93. The summed E-state index contributed by atoms with van der Waals surface area (Å²) in [5.41, 5.74) is 0.296. The lowest BCUT2D eigenvalue weighted by Crippen LogP contribution is -2.30. The van der Waals surface area contributed by atoms with Crippen molar-refractivity contribution < 1.29 is 36.3 Å². The number of esters is 1. The monoisotopic (exact) mass is 413 g/mol. The third-order valence-electron chi connectivity index (χ3n) is 3.67. The molecule has 1 atom stereocenters. The number of hydrogen-bond acceptors (Lipinski definition) is 6. The largest absolute Gasteiger partial charge is 0.495 e. The van der Waals surface area contributed by atoms with Crippen molar-refractivity contribution in [3.8, 4) is 5.75 Å². The molecule has 0 saturated heterocycles. The van der Waals surface area contributed by atoms with E-state index < -0.39 is 38.5 Å². The van der Waals surface area contributed by atoms with Gasteiger partial charge in [0.05, 0.1) is 23.3 Å². The number of benzene rings is 2. The highest BCUT2D eigenvalue weighted by atomic mass is 32.2. The number of carbonyl (C=O) groups is 2. The van der Waals surface area contributed by atoms with Gasteiger partial charge >= 0.3 is 11.7 Å². The van der Waals surface area contributed by atoms with Crippen molar-refractivity contribution >= 4 is 27.4 Å². The third kappa shape index (κ3) is 4.83. The van der Waals surface area contributed by atoms with Crippen LogP contribution in [0.15, 0.2) is 53.4 Å². The highest BCUT2D eigenvalue weighted by Gasteiger charge is 2.27. The van der Waals surface area contributed by atoms with Gasteiger partial charge in [0.2, 0.25) is 9.84 Å². The molecule has 0 heterocycles. The molecule has 2 aromatic carbocycles. The second-order valence-electron chi connectivity index (χ2n) is 5.57. The van der Waals surface area contributed by atoms with E-state index in [0.717, 1.165) is 24.3 Å². The normalized spacial score (nSPS) is 12.3. The highest BCUT2D eigenvalue weighted by molar-refractivity contribution is 7.91. The lowest BCUT2D eigenvalue weighted by atomic mass is 10.2. The molecule has 0 radical (unpaired) electrons. The zero-order valence-corrected chi connectivity index (χ0v) is 15.7. The van der Waals surface area contributed by atoms with E-state index in [-0.39, 0.29) is 5.56 Å². The van der Waals surface area contributed by atoms with Crippen LogP contribution in [-0.4, -0.2) is 39.3 Å². The summed E-state index contributed by atoms with van der Waals surface area (Å²) in [6, 6.07) is 10.5. The van der Waals surface area contributed by atoms with Gasteiger partial charge in [-0.15, -0.1) is 0 Å². The number of hydrogen-bond donors (Lipinski definition) is 1. The number of rotatable bonds is 7. The molecule has 0 aliphatic rings. The van der Waals surface area contributed by atoms with E-state index in [4.69, 9.17) is 9.47 Å². The number of para-hydroxylation sites is 2. The van der Waals surface area contributed by atoms with Crippen molar-refractivity contribution in [1.29, 1.82) is 0 Å². The Morgan fingerprint density at radius 3 is 2.21 bits per heavy atom. The van der Waals surface area contributed by atoms with Gasteiger partial charge in [-0.25, -0.2) is 13.2 Å². The molecule has 1 amide bonds. The molecule has 1 N–H and O–H groups in total. The molecule has 0 aliphatic heterocycles. The van der Waals surface area contributed by atoms with Gasteiger partial charge in [0.1, 0.15) is 5.75 Å². The molecule has 0 aromatic heterocycles. The summed E-state index contributed by atoms with van der Waals surface area (Å²) in [7, 11) is -3.32. The Hall–Kier alpha value is -3.01. The van der Waals surface area contributed by atoms with Crippen molar-refractivity contribution in [2.75, 3.05) is 12.4 Å². The lowest BCUT2D eigenvalue weighted by molar-refractivity contribution is -0.123.